The zero-order valence-electron chi connectivity index (χ0n) is 29.0. The van der Waals surface area contributed by atoms with Gasteiger partial charge in [0.1, 0.15) is 0 Å². The minimum atomic E-state index is -0.122. The van der Waals surface area contributed by atoms with Gasteiger partial charge in [-0.15, -0.1) is 0 Å². The molecule has 0 amide bonds. The van der Waals surface area contributed by atoms with Crippen molar-refractivity contribution in [1.29, 1.82) is 0 Å². The van der Waals surface area contributed by atoms with E-state index in [-0.39, 0.29) is 6.98 Å². The molecule has 0 fully saturated rings. The predicted molar refractivity (Wildman–Crippen MR) is 215 cm³/mol. The average Bonchev–Trinajstić information content (AvgIpc) is 3.12. The third kappa shape index (κ3) is 4.64. The summed E-state index contributed by atoms with van der Waals surface area (Å²) >= 11 is 0. The lowest BCUT2D eigenvalue weighted by atomic mass is 9.62. The number of aryl methyl sites for hydroxylation is 6. The number of fused-ring (bicyclic) bond motifs is 3. The second kappa shape index (κ2) is 11.0. The average molecular weight is 631 g/mol. The monoisotopic (exact) mass is 630 g/mol. The fourth-order valence-electron chi connectivity index (χ4n) is 8.21. The first kappa shape index (κ1) is 29.6. The molecule has 1 aliphatic rings. The van der Waals surface area contributed by atoms with E-state index in [1.807, 2.05) is 0 Å². The van der Waals surface area contributed by atoms with Crippen molar-refractivity contribution in [3.63, 3.8) is 0 Å². The van der Waals surface area contributed by atoms with Crippen LogP contribution in [0.1, 0.15) is 33.4 Å². The molecule has 1 aliphatic heterocycles. The van der Waals surface area contributed by atoms with E-state index in [9.17, 15) is 0 Å². The van der Waals surface area contributed by atoms with E-state index in [2.05, 4.69) is 167 Å². The van der Waals surface area contributed by atoms with E-state index in [1.54, 1.807) is 0 Å². The standard InChI is InChI=1S/C46H39BN2/c1-26-13-14-27(2)35-21-33(19-20-34(26)35)40-22-36-28(3)15-16-29(4)37(36)23-41(40)42-24-38-30(5)17-18-31(6)39(38)25-43(42)47-48-44-11-7-9-32-10-8-12-45(49-47)46(32)44/h7-25,48-49H,1-6H3. The summed E-state index contributed by atoms with van der Waals surface area (Å²) in [7, 11) is 0. The minimum absolute atomic E-state index is 0.122. The van der Waals surface area contributed by atoms with Gasteiger partial charge in [-0.1, -0.05) is 78.9 Å². The quantitative estimate of drug-likeness (QED) is 0.190. The van der Waals surface area contributed by atoms with Crippen LogP contribution in [0.2, 0.25) is 0 Å². The zero-order valence-corrected chi connectivity index (χ0v) is 29.0. The maximum atomic E-state index is 3.93. The lowest BCUT2D eigenvalue weighted by Gasteiger charge is -2.29. The van der Waals surface area contributed by atoms with Gasteiger partial charge < -0.3 is 10.5 Å². The van der Waals surface area contributed by atoms with Crippen LogP contribution < -0.4 is 15.9 Å². The van der Waals surface area contributed by atoms with Gasteiger partial charge in [0.15, 0.2) is 0 Å². The molecule has 0 unspecified atom stereocenters. The van der Waals surface area contributed by atoms with Crippen LogP contribution in [0.4, 0.5) is 11.4 Å². The molecule has 3 heteroatoms. The van der Waals surface area contributed by atoms with E-state index in [1.165, 1.54) is 104 Å². The Morgan fingerprint density at radius 2 is 0.837 bits per heavy atom. The number of anilines is 2. The van der Waals surface area contributed by atoms with Crippen molar-refractivity contribution < 1.29 is 0 Å². The zero-order chi connectivity index (χ0) is 33.6. The van der Waals surface area contributed by atoms with Crippen LogP contribution in [-0.2, 0) is 0 Å². The Morgan fingerprint density at radius 1 is 0.388 bits per heavy atom. The van der Waals surface area contributed by atoms with Crippen LogP contribution in [0.3, 0.4) is 0 Å². The summed E-state index contributed by atoms with van der Waals surface area (Å²) in [5, 5.41) is 18.2. The van der Waals surface area contributed by atoms with Crippen LogP contribution >= 0.6 is 0 Å². The number of hydrogen-bond donors (Lipinski definition) is 2. The van der Waals surface area contributed by atoms with Gasteiger partial charge in [-0.25, -0.2) is 0 Å². The number of rotatable bonds is 3. The van der Waals surface area contributed by atoms with E-state index in [0.29, 0.717) is 0 Å². The highest BCUT2D eigenvalue weighted by Crippen LogP contribution is 2.41. The van der Waals surface area contributed by atoms with Crippen molar-refractivity contribution in [2.45, 2.75) is 41.5 Å². The molecule has 0 bridgehead atoms. The molecule has 2 N–H and O–H groups in total. The summed E-state index contributed by atoms with van der Waals surface area (Å²) in [6.07, 6.45) is 0. The number of hydrogen-bond acceptors (Lipinski definition) is 2. The van der Waals surface area contributed by atoms with Crippen molar-refractivity contribution >= 4 is 66.9 Å². The molecular weight excluding hydrogens is 591 g/mol. The summed E-state index contributed by atoms with van der Waals surface area (Å²) in [4.78, 5) is 0. The van der Waals surface area contributed by atoms with Gasteiger partial charge in [-0.3, -0.25) is 0 Å². The molecule has 49 heavy (non-hydrogen) atoms. The molecule has 0 aromatic heterocycles. The molecule has 0 saturated heterocycles. The molecule has 8 aromatic rings. The van der Waals surface area contributed by atoms with Gasteiger partial charge >= 0.3 is 6.98 Å². The third-order valence-corrected chi connectivity index (χ3v) is 11.1. The predicted octanol–water partition coefficient (Wildman–Crippen LogP) is 11.7. The van der Waals surface area contributed by atoms with Crippen molar-refractivity contribution in [3.05, 3.63) is 149 Å². The lowest BCUT2D eigenvalue weighted by Crippen LogP contribution is -2.48. The summed E-state index contributed by atoms with van der Waals surface area (Å²) < 4.78 is 0. The van der Waals surface area contributed by atoms with Crippen LogP contribution in [0.25, 0.3) is 65.3 Å². The highest BCUT2D eigenvalue weighted by atomic mass is 15.0. The van der Waals surface area contributed by atoms with Crippen LogP contribution in [0.15, 0.2) is 115 Å². The van der Waals surface area contributed by atoms with Crippen molar-refractivity contribution in [1.82, 2.24) is 0 Å². The maximum Gasteiger partial charge on any atom is 0.406 e. The molecule has 0 radical (unpaired) electrons. The SMILES string of the molecule is Cc1ccc(C)c2cc(-c3cc4c(C)ccc(C)c4cc3-c3cc4c(C)ccc(C)c4cc3B3Nc4cccc5cccc(c45)N3)ccc12. The van der Waals surface area contributed by atoms with E-state index in [4.69, 9.17) is 0 Å². The third-order valence-electron chi connectivity index (χ3n) is 11.1. The Balaban J connectivity index is 1.37. The summed E-state index contributed by atoms with van der Waals surface area (Å²) in [6, 6.07) is 43.5. The topological polar surface area (TPSA) is 24.1 Å². The Hall–Kier alpha value is -5.54. The molecule has 2 nitrogen and oxygen atoms in total. The first-order chi connectivity index (χ1) is 23.7. The number of nitrogens with one attached hydrogen (secondary N) is 2. The molecule has 1 heterocycles. The molecule has 0 aliphatic carbocycles. The summed E-state index contributed by atoms with van der Waals surface area (Å²) in [5.41, 5.74) is 16.4. The van der Waals surface area contributed by atoms with Gasteiger partial charge in [0.05, 0.1) is 0 Å². The fraction of sp³-hybridized carbons (Fsp3) is 0.130. The van der Waals surface area contributed by atoms with Crippen molar-refractivity contribution in [2.75, 3.05) is 10.5 Å². The van der Waals surface area contributed by atoms with Crippen LogP contribution in [0, 0.1) is 41.5 Å². The Labute approximate surface area is 288 Å². The second-order valence-electron chi connectivity index (χ2n) is 14.2. The molecule has 8 aromatic carbocycles. The van der Waals surface area contributed by atoms with Crippen molar-refractivity contribution in [2.24, 2.45) is 0 Å². The van der Waals surface area contributed by atoms with E-state index in [0.717, 1.165) is 11.4 Å². The molecule has 236 valence electrons. The molecule has 0 atom stereocenters. The highest BCUT2D eigenvalue weighted by molar-refractivity contribution is 6.81. The fourth-order valence-corrected chi connectivity index (χ4v) is 8.21. The smallest absolute Gasteiger partial charge is 0.405 e. The Kier molecular flexibility index (Phi) is 6.64. The number of benzene rings is 8. The van der Waals surface area contributed by atoms with Crippen LogP contribution in [-0.4, -0.2) is 6.98 Å². The van der Waals surface area contributed by atoms with Gasteiger partial charge in [-0.05, 0) is 177 Å². The largest absolute Gasteiger partial charge is 0.406 e. The first-order valence-electron chi connectivity index (χ1n) is 17.4. The normalized spacial score (nSPS) is 12.6. The second-order valence-corrected chi connectivity index (χ2v) is 14.2. The molecular formula is C46H39BN2. The lowest BCUT2D eigenvalue weighted by molar-refractivity contribution is 1.45. The van der Waals surface area contributed by atoms with Crippen LogP contribution in [0.5, 0.6) is 0 Å². The first-order valence-corrected chi connectivity index (χ1v) is 17.4. The van der Waals surface area contributed by atoms with Gasteiger partial charge in [0, 0.05) is 16.8 Å². The van der Waals surface area contributed by atoms with Gasteiger partial charge in [0.2, 0.25) is 0 Å². The van der Waals surface area contributed by atoms with Gasteiger partial charge in [0.25, 0.3) is 0 Å². The molecule has 0 saturated carbocycles. The highest BCUT2D eigenvalue weighted by Gasteiger charge is 2.30. The summed E-state index contributed by atoms with van der Waals surface area (Å²) in [6.45, 7) is 13.3. The molecule has 9 rings (SSSR count). The van der Waals surface area contributed by atoms with Crippen molar-refractivity contribution in [3.8, 4) is 22.3 Å². The minimum Gasteiger partial charge on any atom is -0.405 e. The van der Waals surface area contributed by atoms with Gasteiger partial charge in [-0.2, -0.15) is 0 Å². The Bertz CT molecular complexity index is 2640. The molecule has 0 spiro atoms. The summed E-state index contributed by atoms with van der Waals surface area (Å²) in [5.74, 6) is 0. The maximum absolute atomic E-state index is 3.93. The Morgan fingerprint density at radius 3 is 1.39 bits per heavy atom. The van der Waals surface area contributed by atoms with E-state index >= 15 is 0 Å². The van der Waals surface area contributed by atoms with E-state index < -0.39 is 0 Å².